The summed E-state index contributed by atoms with van der Waals surface area (Å²) in [7, 11) is 1.36. The summed E-state index contributed by atoms with van der Waals surface area (Å²) in [6, 6.07) is 24.8. The zero-order chi connectivity index (χ0) is 27.5. The molecule has 0 atom stereocenters. The van der Waals surface area contributed by atoms with Gasteiger partial charge < -0.3 is 13.8 Å². The summed E-state index contributed by atoms with van der Waals surface area (Å²) in [5.41, 5.74) is 3.74. The van der Waals surface area contributed by atoms with Gasteiger partial charge in [-0.25, -0.2) is 4.79 Å². The van der Waals surface area contributed by atoms with Crippen LogP contribution in [0.25, 0.3) is 28.0 Å². The Morgan fingerprint density at radius 2 is 1.73 bits per heavy atom. The number of rotatable bonds is 7. The number of piperidine rings is 1. The van der Waals surface area contributed by atoms with Gasteiger partial charge >= 0.3 is 5.97 Å². The molecule has 0 aliphatic carbocycles. The van der Waals surface area contributed by atoms with Crippen LogP contribution in [0.15, 0.2) is 94.4 Å². The minimum Gasteiger partial charge on any atom is -0.464 e. The van der Waals surface area contributed by atoms with E-state index in [4.69, 9.17) is 9.26 Å². The molecule has 1 saturated heterocycles. The minimum absolute atomic E-state index is 0.102. The zero-order valence-corrected chi connectivity index (χ0v) is 22.3. The Morgan fingerprint density at radius 1 is 0.975 bits per heavy atom. The summed E-state index contributed by atoms with van der Waals surface area (Å²) in [6.07, 6.45) is 4.06. The highest BCUT2D eigenvalue weighted by molar-refractivity contribution is 5.95. The lowest BCUT2D eigenvalue weighted by Crippen LogP contribution is -2.35. The molecule has 3 aromatic heterocycles. The van der Waals surface area contributed by atoms with E-state index in [9.17, 15) is 9.59 Å². The SMILES string of the molecule is COC(=O)c1c(CC2CCN(Cc3cc(-c4ccccn4)no3)CC2)c(=O)c2ccccc2n1-c1ccccc1. The minimum atomic E-state index is -0.506. The van der Waals surface area contributed by atoms with Crippen LogP contribution in [0.2, 0.25) is 0 Å². The smallest absolute Gasteiger partial charge is 0.355 e. The third-order valence-electron chi connectivity index (χ3n) is 7.63. The van der Waals surface area contributed by atoms with Crippen LogP contribution in [0.5, 0.6) is 0 Å². The number of carbonyl (C=O) groups is 1. The van der Waals surface area contributed by atoms with Gasteiger partial charge in [0.25, 0.3) is 0 Å². The van der Waals surface area contributed by atoms with Gasteiger partial charge in [0.1, 0.15) is 11.4 Å². The molecule has 8 heteroatoms. The molecule has 0 amide bonds. The van der Waals surface area contributed by atoms with Crippen molar-refractivity contribution in [2.24, 2.45) is 5.92 Å². The molecule has 1 fully saturated rings. The van der Waals surface area contributed by atoms with Crippen molar-refractivity contribution in [2.45, 2.75) is 25.8 Å². The lowest BCUT2D eigenvalue weighted by molar-refractivity contribution is 0.0589. The number of carbonyl (C=O) groups excluding carboxylic acids is 1. The van der Waals surface area contributed by atoms with E-state index in [0.717, 1.165) is 48.8 Å². The Bertz CT molecular complexity index is 1690. The largest absolute Gasteiger partial charge is 0.464 e. The number of esters is 1. The highest BCUT2D eigenvalue weighted by Gasteiger charge is 2.28. The highest BCUT2D eigenvalue weighted by atomic mass is 16.5. The van der Waals surface area contributed by atoms with Gasteiger partial charge in [0.15, 0.2) is 11.2 Å². The van der Waals surface area contributed by atoms with E-state index in [2.05, 4.69) is 15.0 Å². The lowest BCUT2D eigenvalue weighted by Gasteiger charge is -2.31. The van der Waals surface area contributed by atoms with Gasteiger partial charge in [-0.05, 0) is 74.7 Å². The number of hydrogen-bond acceptors (Lipinski definition) is 7. The van der Waals surface area contributed by atoms with E-state index < -0.39 is 5.97 Å². The van der Waals surface area contributed by atoms with E-state index in [1.54, 1.807) is 6.20 Å². The van der Waals surface area contributed by atoms with Crippen molar-refractivity contribution in [3.8, 4) is 17.1 Å². The summed E-state index contributed by atoms with van der Waals surface area (Å²) in [6.45, 7) is 2.38. The van der Waals surface area contributed by atoms with E-state index in [0.29, 0.717) is 35.1 Å². The Balaban J connectivity index is 1.25. The van der Waals surface area contributed by atoms with E-state index in [1.165, 1.54) is 7.11 Å². The molecule has 202 valence electrons. The van der Waals surface area contributed by atoms with E-state index >= 15 is 0 Å². The maximum Gasteiger partial charge on any atom is 0.355 e. The molecule has 6 rings (SSSR count). The van der Waals surface area contributed by atoms with Crippen LogP contribution in [0.1, 0.15) is 34.7 Å². The standard InChI is InChI=1S/C32H30N4O4/c1-39-32(38)30-26(31(37)25-11-5-6-13-29(25)36(30)23-9-3-2-4-10-23)19-22-14-17-35(18-15-22)21-24-20-28(34-40-24)27-12-7-8-16-33-27/h2-13,16,20,22H,14-15,17-19,21H2,1H3. The van der Waals surface area contributed by atoms with Crippen molar-refractivity contribution in [1.29, 1.82) is 0 Å². The van der Waals surface area contributed by atoms with Crippen LogP contribution < -0.4 is 5.43 Å². The number of para-hydroxylation sites is 2. The molecule has 0 bridgehead atoms. The quantitative estimate of drug-likeness (QED) is 0.262. The van der Waals surface area contributed by atoms with Gasteiger partial charge in [0.2, 0.25) is 0 Å². The first kappa shape index (κ1) is 25.7. The van der Waals surface area contributed by atoms with Gasteiger partial charge in [-0.15, -0.1) is 0 Å². The number of hydrogen-bond donors (Lipinski definition) is 0. The van der Waals surface area contributed by atoms with Crippen molar-refractivity contribution < 1.29 is 14.1 Å². The monoisotopic (exact) mass is 534 g/mol. The van der Waals surface area contributed by atoms with Crippen LogP contribution in [-0.4, -0.2) is 45.8 Å². The van der Waals surface area contributed by atoms with Crippen LogP contribution in [0, 0.1) is 5.92 Å². The number of ether oxygens (including phenoxy) is 1. The fourth-order valence-corrected chi connectivity index (χ4v) is 5.61. The first-order chi connectivity index (χ1) is 19.6. The maximum absolute atomic E-state index is 13.8. The second-order valence-electron chi connectivity index (χ2n) is 10.2. The van der Waals surface area contributed by atoms with Crippen LogP contribution >= 0.6 is 0 Å². The summed E-state index contributed by atoms with van der Waals surface area (Å²) in [4.78, 5) is 33.7. The second kappa shape index (κ2) is 11.3. The molecule has 40 heavy (non-hydrogen) atoms. The molecule has 1 aliphatic heterocycles. The van der Waals surface area contributed by atoms with Crippen LogP contribution in [0.3, 0.4) is 0 Å². The fourth-order valence-electron chi connectivity index (χ4n) is 5.61. The normalized spacial score (nSPS) is 14.4. The first-order valence-corrected chi connectivity index (χ1v) is 13.5. The number of methoxy groups -OCH3 is 1. The number of aromatic nitrogens is 3. The Kier molecular flexibility index (Phi) is 7.25. The zero-order valence-electron chi connectivity index (χ0n) is 22.3. The number of pyridine rings is 2. The first-order valence-electron chi connectivity index (χ1n) is 13.5. The van der Waals surface area contributed by atoms with E-state index in [1.807, 2.05) is 83.4 Å². The molecule has 0 saturated carbocycles. The van der Waals surface area contributed by atoms with Crippen molar-refractivity contribution >= 4 is 16.9 Å². The molecule has 0 spiro atoms. The van der Waals surface area contributed by atoms with Crippen molar-refractivity contribution in [2.75, 3.05) is 20.2 Å². The molecule has 0 unspecified atom stereocenters. The van der Waals surface area contributed by atoms with Gasteiger partial charge in [0.05, 0.1) is 24.9 Å². The lowest BCUT2D eigenvalue weighted by atomic mass is 9.88. The van der Waals surface area contributed by atoms with Gasteiger partial charge in [-0.2, -0.15) is 0 Å². The molecule has 1 aliphatic rings. The Morgan fingerprint density at radius 3 is 2.48 bits per heavy atom. The molecule has 5 aromatic rings. The molecule has 2 aromatic carbocycles. The van der Waals surface area contributed by atoms with Gasteiger partial charge in [-0.3, -0.25) is 14.7 Å². The number of benzene rings is 2. The average Bonchev–Trinajstić information content (AvgIpc) is 3.48. The predicted molar refractivity (Wildman–Crippen MR) is 152 cm³/mol. The average molecular weight is 535 g/mol. The van der Waals surface area contributed by atoms with Crippen molar-refractivity contribution in [1.82, 2.24) is 19.6 Å². The maximum atomic E-state index is 13.8. The van der Waals surface area contributed by atoms with E-state index in [-0.39, 0.29) is 11.3 Å². The number of likely N-dealkylation sites (tertiary alicyclic amines) is 1. The highest BCUT2D eigenvalue weighted by Crippen LogP contribution is 2.28. The second-order valence-corrected chi connectivity index (χ2v) is 10.2. The van der Waals surface area contributed by atoms with Crippen LogP contribution in [-0.2, 0) is 17.7 Å². The Hall–Kier alpha value is -4.56. The number of fused-ring (bicyclic) bond motifs is 1. The van der Waals surface area contributed by atoms with Gasteiger partial charge in [0, 0.05) is 28.9 Å². The molecule has 4 heterocycles. The molecular formula is C32H30N4O4. The van der Waals surface area contributed by atoms with Crippen LogP contribution in [0.4, 0.5) is 0 Å². The summed E-state index contributed by atoms with van der Waals surface area (Å²) < 4.78 is 12.7. The molecule has 0 N–H and O–H groups in total. The number of nitrogens with zero attached hydrogens (tertiary/aromatic N) is 4. The topological polar surface area (TPSA) is 90.5 Å². The summed E-state index contributed by atoms with van der Waals surface area (Å²) in [5, 5.41) is 4.78. The van der Waals surface area contributed by atoms with Gasteiger partial charge in [-0.1, -0.05) is 41.6 Å². The third-order valence-corrected chi connectivity index (χ3v) is 7.63. The molecule has 0 radical (unpaired) electrons. The third kappa shape index (κ3) is 5.05. The summed E-state index contributed by atoms with van der Waals surface area (Å²) in [5.74, 6) is 0.553. The molecule has 8 nitrogen and oxygen atoms in total. The predicted octanol–water partition coefficient (Wildman–Crippen LogP) is 5.28. The van der Waals surface area contributed by atoms with Crippen molar-refractivity contribution in [3.63, 3.8) is 0 Å². The summed E-state index contributed by atoms with van der Waals surface area (Å²) >= 11 is 0. The molecular weight excluding hydrogens is 504 g/mol. The fraction of sp³-hybridized carbons (Fsp3) is 0.250. The van der Waals surface area contributed by atoms with Crippen molar-refractivity contribution in [3.05, 3.63) is 112 Å². The Labute approximate surface area is 231 Å².